The third-order valence-electron chi connectivity index (χ3n) is 5.34. The molecular weight excluding hydrogens is 349 g/mol. The number of nitrogens with zero attached hydrogens (tertiary/aromatic N) is 2. The second-order valence-corrected chi connectivity index (χ2v) is 6.91. The van der Waals surface area contributed by atoms with Gasteiger partial charge in [0, 0.05) is 18.8 Å². The number of amides is 3. The number of likely N-dealkylation sites (tertiary alicyclic amines) is 1. The minimum Gasteiger partial charge on any atom is -0.368 e. The molecule has 1 atom stereocenters. The molecule has 1 saturated heterocycles. The van der Waals surface area contributed by atoms with Crippen molar-refractivity contribution in [2.75, 3.05) is 24.5 Å². The zero-order chi connectivity index (χ0) is 19.2. The third kappa shape index (κ3) is 2.58. The van der Waals surface area contributed by atoms with E-state index >= 15 is 0 Å². The van der Waals surface area contributed by atoms with Gasteiger partial charge in [0.05, 0.1) is 11.0 Å². The summed E-state index contributed by atoms with van der Waals surface area (Å²) in [5.41, 5.74) is 5.79. The number of benzene rings is 2. The van der Waals surface area contributed by atoms with E-state index in [0.717, 1.165) is 5.56 Å². The number of rotatable bonds is 3. The topological polar surface area (TPSA) is 83.7 Å². The fourth-order valence-corrected chi connectivity index (χ4v) is 4.09. The van der Waals surface area contributed by atoms with E-state index < -0.39 is 23.0 Å². The summed E-state index contributed by atoms with van der Waals surface area (Å²) in [6.45, 7) is 0.266. The Balaban J connectivity index is 1.69. The van der Waals surface area contributed by atoms with E-state index in [2.05, 4.69) is 0 Å². The first-order chi connectivity index (χ1) is 12.9. The lowest BCUT2D eigenvalue weighted by Gasteiger charge is -2.24. The molecule has 4 rings (SSSR count). The molecule has 2 aliphatic rings. The van der Waals surface area contributed by atoms with Gasteiger partial charge in [-0.15, -0.1) is 0 Å². The first kappa shape index (κ1) is 17.2. The molecule has 138 valence electrons. The van der Waals surface area contributed by atoms with Crippen LogP contribution in [0.1, 0.15) is 22.3 Å². The number of primary amides is 1. The quantitative estimate of drug-likeness (QED) is 0.891. The first-order valence-corrected chi connectivity index (χ1v) is 8.67. The number of anilines is 1. The molecule has 0 bridgehead atoms. The van der Waals surface area contributed by atoms with Gasteiger partial charge >= 0.3 is 0 Å². The Kier molecular flexibility index (Phi) is 3.95. The number of hydrogen-bond donors (Lipinski definition) is 1. The van der Waals surface area contributed by atoms with Crippen molar-refractivity contribution < 1.29 is 18.8 Å². The summed E-state index contributed by atoms with van der Waals surface area (Å²) in [7, 11) is 0. The second-order valence-electron chi connectivity index (χ2n) is 6.91. The Bertz CT molecular complexity index is 961. The molecule has 27 heavy (non-hydrogen) atoms. The molecule has 2 aliphatic heterocycles. The highest BCUT2D eigenvalue weighted by Gasteiger charge is 2.55. The van der Waals surface area contributed by atoms with Crippen LogP contribution in [-0.4, -0.2) is 42.3 Å². The Hall–Kier alpha value is -3.22. The molecule has 6 nitrogen and oxygen atoms in total. The van der Waals surface area contributed by atoms with Gasteiger partial charge in [-0.25, -0.2) is 4.39 Å². The molecule has 1 spiro atoms. The van der Waals surface area contributed by atoms with Crippen molar-refractivity contribution in [3.63, 3.8) is 0 Å². The third-order valence-corrected chi connectivity index (χ3v) is 5.34. The zero-order valence-electron chi connectivity index (χ0n) is 14.5. The van der Waals surface area contributed by atoms with E-state index in [4.69, 9.17) is 5.73 Å². The molecule has 7 heteroatoms. The Labute approximate surface area is 155 Å². The van der Waals surface area contributed by atoms with Crippen molar-refractivity contribution in [1.29, 1.82) is 0 Å². The van der Waals surface area contributed by atoms with E-state index in [0.29, 0.717) is 18.7 Å². The molecule has 2 N–H and O–H groups in total. The van der Waals surface area contributed by atoms with Crippen LogP contribution in [0.5, 0.6) is 0 Å². The highest BCUT2D eigenvalue weighted by atomic mass is 19.1. The highest BCUT2D eigenvalue weighted by Crippen LogP contribution is 2.47. The van der Waals surface area contributed by atoms with Gasteiger partial charge in [0.1, 0.15) is 12.4 Å². The van der Waals surface area contributed by atoms with Crippen LogP contribution in [0.2, 0.25) is 0 Å². The van der Waals surface area contributed by atoms with Crippen molar-refractivity contribution >= 4 is 23.4 Å². The SMILES string of the molecule is NC(=O)CN1C(=O)C2(CCN(C(=O)c3ccccc3F)C2)c2ccccc21. The van der Waals surface area contributed by atoms with Crippen molar-refractivity contribution in [1.82, 2.24) is 4.90 Å². The van der Waals surface area contributed by atoms with Crippen LogP contribution < -0.4 is 10.6 Å². The minimum absolute atomic E-state index is 0.0118. The Morgan fingerprint density at radius 1 is 1.11 bits per heavy atom. The molecule has 2 heterocycles. The number of nitrogens with two attached hydrogens (primary N) is 1. The monoisotopic (exact) mass is 367 g/mol. The standard InChI is InChI=1S/C20H18FN3O3/c21-15-7-3-1-5-13(15)18(26)23-10-9-20(12-23)14-6-2-4-8-16(14)24(19(20)27)11-17(22)25/h1-8H,9-12H2,(H2,22,25). The molecule has 3 amide bonds. The highest BCUT2D eigenvalue weighted by molar-refractivity contribution is 6.11. The lowest BCUT2D eigenvalue weighted by atomic mass is 9.81. The average Bonchev–Trinajstić information content (AvgIpc) is 3.19. The molecule has 0 aliphatic carbocycles. The Morgan fingerprint density at radius 2 is 1.81 bits per heavy atom. The van der Waals surface area contributed by atoms with E-state index in [1.807, 2.05) is 12.1 Å². The number of halogens is 1. The summed E-state index contributed by atoms with van der Waals surface area (Å²) in [5, 5.41) is 0. The fourth-order valence-electron chi connectivity index (χ4n) is 4.09. The lowest BCUT2D eigenvalue weighted by Crippen LogP contribution is -2.45. The van der Waals surface area contributed by atoms with E-state index in [1.54, 1.807) is 18.2 Å². The smallest absolute Gasteiger partial charge is 0.256 e. The molecule has 0 saturated carbocycles. The number of fused-ring (bicyclic) bond motifs is 2. The van der Waals surface area contributed by atoms with Crippen LogP contribution in [-0.2, 0) is 15.0 Å². The van der Waals surface area contributed by atoms with Gasteiger partial charge in [0.15, 0.2) is 0 Å². The number of hydrogen-bond acceptors (Lipinski definition) is 3. The van der Waals surface area contributed by atoms with Gasteiger partial charge in [-0.3, -0.25) is 14.4 Å². The van der Waals surface area contributed by atoms with E-state index in [9.17, 15) is 18.8 Å². The summed E-state index contributed by atoms with van der Waals surface area (Å²) in [6, 6.07) is 13.0. The molecule has 1 unspecified atom stereocenters. The maximum absolute atomic E-state index is 14.0. The number of para-hydroxylation sites is 1. The molecule has 2 aromatic carbocycles. The van der Waals surface area contributed by atoms with Crippen molar-refractivity contribution in [2.45, 2.75) is 11.8 Å². The van der Waals surface area contributed by atoms with Gasteiger partial charge in [0.25, 0.3) is 5.91 Å². The summed E-state index contributed by atoms with van der Waals surface area (Å²) in [4.78, 5) is 40.3. The van der Waals surface area contributed by atoms with Gasteiger partial charge in [-0.2, -0.15) is 0 Å². The van der Waals surface area contributed by atoms with E-state index in [1.165, 1.54) is 28.0 Å². The van der Waals surface area contributed by atoms with Crippen LogP contribution >= 0.6 is 0 Å². The van der Waals surface area contributed by atoms with Crippen molar-refractivity contribution in [2.24, 2.45) is 5.73 Å². The van der Waals surface area contributed by atoms with Crippen molar-refractivity contribution in [3.05, 3.63) is 65.5 Å². The summed E-state index contributed by atoms with van der Waals surface area (Å²) in [5.74, 6) is -1.88. The first-order valence-electron chi connectivity index (χ1n) is 8.67. The van der Waals surface area contributed by atoms with Crippen LogP contribution in [0.4, 0.5) is 10.1 Å². The fraction of sp³-hybridized carbons (Fsp3) is 0.250. The van der Waals surface area contributed by atoms with Gasteiger partial charge < -0.3 is 15.5 Å². The molecule has 2 aromatic rings. The van der Waals surface area contributed by atoms with Gasteiger partial charge in [0.2, 0.25) is 11.8 Å². The minimum atomic E-state index is -0.924. The normalized spacial score (nSPS) is 21.0. The average molecular weight is 367 g/mol. The molecular formula is C20H18FN3O3. The molecule has 1 fully saturated rings. The summed E-state index contributed by atoms with van der Waals surface area (Å²) < 4.78 is 14.0. The van der Waals surface area contributed by atoms with Crippen LogP contribution in [0.25, 0.3) is 0 Å². The number of carbonyl (C=O) groups is 3. The largest absolute Gasteiger partial charge is 0.368 e. The van der Waals surface area contributed by atoms with E-state index in [-0.39, 0.29) is 24.6 Å². The maximum Gasteiger partial charge on any atom is 0.256 e. The van der Waals surface area contributed by atoms with Crippen LogP contribution in [0.15, 0.2) is 48.5 Å². The maximum atomic E-state index is 14.0. The van der Waals surface area contributed by atoms with Gasteiger partial charge in [-0.05, 0) is 30.2 Å². The van der Waals surface area contributed by atoms with Crippen LogP contribution in [0.3, 0.4) is 0 Å². The van der Waals surface area contributed by atoms with Gasteiger partial charge in [-0.1, -0.05) is 30.3 Å². The predicted molar refractivity (Wildman–Crippen MR) is 96.6 cm³/mol. The van der Waals surface area contributed by atoms with Crippen LogP contribution in [0, 0.1) is 5.82 Å². The zero-order valence-corrected chi connectivity index (χ0v) is 14.5. The molecule has 0 aromatic heterocycles. The summed E-state index contributed by atoms with van der Waals surface area (Å²) in [6.07, 6.45) is 0.415. The lowest BCUT2D eigenvalue weighted by molar-refractivity contribution is -0.125. The van der Waals surface area contributed by atoms with Crippen molar-refractivity contribution in [3.8, 4) is 0 Å². The second kappa shape index (κ2) is 6.19. The summed E-state index contributed by atoms with van der Waals surface area (Å²) >= 11 is 0. The number of carbonyl (C=O) groups excluding carboxylic acids is 3. The Morgan fingerprint density at radius 3 is 2.56 bits per heavy atom. The molecule has 0 radical (unpaired) electrons. The predicted octanol–water partition coefficient (Wildman–Crippen LogP) is 1.44.